The predicted octanol–water partition coefficient (Wildman–Crippen LogP) is 1.73. The van der Waals surface area contributed by atoms with Crippen molar-refractivity contribution in [2.45, 2.75) is 16.7 Å². The van der Waals surface area contributed by atoms with Gasteiger partial charge in [-0.2, -0.15) is 4.31 Å². The van der Waals surface area contributed by atoms with Crippen LogP contribution in [0.5, 0.6) is 0 Å². The second kappa shape index (κ2) is 7.59. The molecule has 0 aromatic heterocycles. The molecule has 7 nitrogen and oxygen atoms in total. The first-order chi connectivity index (χ1) is 12.7. The minimum atomic E-state index is -3.89. The van der Waals surface area contributed by atoms with Gasteiger partial charge >= 0.3 is 0 Å². The average Bonchev–Trinajstić information content (AvgIpc) is 2.62. The van der Waals surface area contributed by atoms with E-state index in [9.17, 15) is 16.8 Å². The smallest absolute Gasteiger partial charge is 0.261 e. The lowest BCUT2D eigenvalue weighted by atomic mass is 10.2. The Hall–Kier alpha value is -1.94. The van der Waals surface area contributed by atoms with Crippen molar-refractivity contribution in [2.75, 3.05) is 37.9 Å². The molecule has 0 atom stereocenters. The lowest BCUT2D eigenvalue weighted by molar-refractivity contribution is 0.222. The second-order valence-corrected chi connectivity index (χ2v) is 10.2. The number of sulfonamides is 2. The van der Waals surface area contributed by atoms with E-state index in [0.717, 1.165) is 5.56 Å². The van der Waals surface area contributed by atoms with Gasteiger partial charge in [-0.25, -0.2) is 16.8 Å². The molecule has 1 N–H and O–H groups in total. The predicted molar refractivity (Wildman–Crippen MR) is 105 cm³/mol. The number of rotatable bonds is 5. The highest BCUT2D eigenvalue weighted by Crippen LogP contribution is 2.27. The molecule has 146 valence electrons. The van der Waals surface area contributed by atoms with E-state index in [1.54, 1.807) is 24.3 Å². The van der Waals surface area contributed by atoms with Crippen LogP contribution in [0, 0.1) is 6.92 Å². The molecule has 1 fully saturated rings. The van der Waals surface area contributed by atoms with Crippen molar-refractivity contribution in [1.82, 2.24) is 9.21 Å². The maximum atomic E-state index is 13.1. The summed E-state index contributed by atoms with van der Waals surface area (Å²) in [6.07, 6.45) is 0. The van der Waals surface area contributed by atoms with Gasteiger partial charge in [-0.3, -0.25) is 4.72 Å². The van der Waals surface area contributed by atoms with Gasteiger partial charge < -0.3 is 4.90 Å². The number of nitrogens with zero attached hydrogens (tertiary/aromatic N) is 2. The molecule has 1 aliphatic heterocycles. The molecular formula is C18H23N3O4S2. The molecule has 1 heterocycles. The zero-order valence-corrected chi connectivity index (χ0v) is 16.9. The Balaban J connectivity index is 1.93. The molecule has 3 rings (SSSR count). The number of piperazine rings is 1. The third kappa shape index (κ3) is 4.32. The Morgan fingerprint density at radius 2 is 1.44 bits per heavy atom. The molecule has 0 amide bonds. The summed E-state index contributed by atoms with van der Waals surface area (Å²) in [6, 6.07) is 12.5. The maximum absolute atomic E-state index is 13.1. The van der Waals surface area contributed by atoms with Gasteiger partial charge in [0.2, 0.25) is 10.0 Å². The van der Waals surface area contributed by atoms with Crippen LogP contribution in [0.25, 0.3) is 0 Å². The van der Waals surface area contributed by atoms with Gasteiger partial charge in [0.1, 0.15) is 4.90 Å². The summed E-state index contributed by atoms with van der Waals surface area (Å²) in [5, 5.41) is 0. The molecular weight excluding hydrogens is 386 g/mol. The minimum Gasteiger partial charge on any atom is -0.304 e. The highest BCUT2D eigenvalue weighted by Gasteiger charge is 2.30. The van der Waals surface area contributed by atoms with Crippen LogP contribution in [0.15, 0.2) is 58.3 Å². The first-order valence-electron chi connectivity index (χ1n) is 8.57. The summed E-state index contributed by atoms with van der Waals surface area (Å²) >= 11 is 0. The number of para-hydroxylation sites is 1. The molecule has 1 saturated heterocycles. The minimum absolute atomic E-state index is 0.0368. The van der Waals surface area contributed by atoms with E-state index in [2.05, 4.69) is 9.62 Å². The standard InChI is InChI=1S/C18H23N3O4S2/c1-15-7-9-16(10-8-15)26(22,23)19-17-5-3-4-6-18(17)27(24,25)21-13-11-20(2)12-14-21/h3-10,19H,11-14H2,1-2H3. The summed E-state index contributed by atoms with van der Waals surface area (Å²) in [5.41, 5.74) is 0.990. The summed E-state index contributed by atoms with van der Waals surface area (Å²) in [6.45, 7) is 3.88. The van der Waals surface area contributed by atoms with Crippen molar-refractivity contribution in [3.8, 4) is 0 Å². The van der Waals surface area contributed by atoms with E-state index in [1.165, 1.54) is 28.6 Å². The summed E-state index contributed by atoms with van der Waals surface area (Å²) in [5.74, 6) is 0. The Kier molecular flexibility index (Phi) is 5.57. The van der Waals surface area contributed by atoms with Crippen LogP contribution in [-0.2, 0) is 20.0 Å². The van der Waals surface area contributed by atoms with E-state index in [0.29, 0.717) is 26.2 Å². The van der Waals surface area contributed by atoms with Crippen molar-refractivity contribution in [3.05, 3.63) is 54.1 Å². The molecule has 1 aliphatic rings. The Labute approximate surface area is 160 Å². The molecule has 0 aliphatic carbocycles. The van der Waals surface area contributed by atoms with Crippen molar-refractivity contribution >= 4 is 25.7 Å². The number of hydrogen-bond acceptors (Lipinski definition) is 5. The first-order valence-corrected chi connectivity index (χ1v) is 11.5. The fourth-order valence-electron chi connectivity index (χ4n) is 2.86. The third-order valence-electron chi connectivity index (χ3n) is 4.54. The van der Waals surface area contributed by atoms with Crippen LogP contribution in [0.1, 0.15) is 5.56 Å². The lowest BCUT2D eigenvalue weighted by Crippen LogP contribution is -2.47. The summed E-state index contributed by atoms with van der Waals surface area (Å²) in [4.78, 5) is 2.10. The van der Waals surface area contributed by atoms with Gasteiger partial charge in [0.15, 0.2) is 0 Å². The van der Waals surface area contributed by atoms with E-state index < -0.39 is 20.0 Å². The highest BCUT2D eigenvalue weighted by molar-refractivity contribution is 7.93. The third-order valence-corrected chi connectivity index (χ3v) is 7.88. The molecule has 0 spiro atoms. The van der Waals surface area contributed by atoms with Gasteiger partial charge in [0, 0.05) is 26.2 Å². The summed E-state index contributed by atoms with van der Waals surface area (Å²) < 4.78 is 55.3. The quantitative estimate of drug-likeness (QED) is 0.813. The fourth-order valence-corrected chi connectivity index (χ4v) is 5.58. The summed E-state index contributed by atoms with van der Waals surface area (Å²) in [7, 11) is -5.75. The van der Waals surface area contributed by atoms with Gasteiger partial charge in [0.25, 0.3) is 10.0 Å². The molecule has 0 saturated carbocycles. The number of aryl methyl sites for hydroxylation is 1. The van der Waals surface area contributed by atoms with Crippen LogP contribution in [0.4, 0.5) is 5.69 Å². The molecule has 0 unspecified atom stereocenters. The molecule has 2 aromatic rings. The number of nitrogens with one attached hydrogen (secondary N) is 1. The average molecular weight is 410 g/mol. The Bertz CT molecular complexity index is 1010. The van der Waals surface area contributed by atoms with E-state index in [1.807, 2.05) is 14.0 Å². The molecule has 2 aromatic carbocycles. The maximum Gasteiger partial charge on any atom is 0.261 e. The number of anilines is 1. The number of likely N-dealkylation sites (N-methyl/N-ethyl adjacent to an activating group) is 1. The Morgan fingerprint density at radius 1 is 0.852 bits per heavy atom. The van der Waals surface area contributed by atoms with Crippen LogP contribution in [0.2, 0.25) is 0 Å². The SMILES string of the molecule is Cc1ccc(S(=O)(=O)Nc2ccccc2S(=O)(=O)N2CCN(C)CC2)cc1. The van der Waals surface area contributed by atoms with Crippen molar-refractivity contribution in [3.63, 3.8) is 0 Å². The van der Waals surface area contributed by atoms with Crippen LogP contribution < -0.4 is 4.72 Å². The van der Waals surface area contributed by atoms with Crippen LogP contribution in [0.3, 0.4) is 0 Å². The van der Waals surface area contributed by atoms with Crippen molar-refractivity contribution < 1.29 is 16.8 Å². The lowest BCUT2D eigenvalue weighted by Gasteiger charge is -2.32. The zero-order valence-electron chi connectivity index (χ0n) is 15.3. The van der Waals surface area contributed by atoms with Crippen LogP contribution >= 0.6 is 0 Å². The van der Waals surface area contributed by atoms with Gasteiger partial charge in [-0.1, -0.05) is 29.8 Å². The molecule has 27 heavy (non-hydrogen) atoms. The van der Waals surface area contributed by atoms with E-state index >= 15 is 0 Å². The molecule has 0 radical (unpaired) electrons. The van der Waals surface area contributed by atoms with Gasteiger partial charge in [-0.05, 0) is 38.2 Å². The van der Waals surface area contributed by atoms with Crippen molar-refractivity contribution in [2.24, 2.45) is 0 Å². The topological polar surface area (TPSA) is 86.8 Å². The first kappa shape index (κ1) is 19.8. The highest BCUT2D eigenvalue weighted by atomic mass is 32.2. The fraction of sp³-hybridized carbons (Fsp3) is 0.333. The number of hydrogen-bond donors (Lipinski definition) is 1. The second-order valence-electron chi connectivity index (χ2n) is 6.62. The van der Waals surface area contributed by atoms with E-state index in [4.69, 9.17) is 0 Å². The molecule has 0 bridgehead atoms. The molecule has 9 heteroatoms. The van der Waals surface area contributed by atoms with Crippen molar-refractivity contribution in [1.29, 1.82) is 0 Å². The normalized spacial score (nSPS) is 17.0. The monoisotopic (exact) mass is 409 g/mol. The zero-order chi connectivity index (χ0) is 19.7. The largest absolute Gasteiger partial charge is 0.304 e. The number of benzene rings is 2. The van der Waals surface area contributed by atoms with Gasteiger partial charge in [-0.15, -0.1) is 0 Å². The van der Waals surface area contributed by atoms with E-state index in [-0.39, 0.29) is 15.5 Å². The van der Waals surface area contributed by atoms with Crippen LogP contribution in [-0.4, -0.2) is 59.3 Å². The Morgan fingerprint density at radius 3 is 2.07 bits per heavy atom. The van der Waals surface area contributed by atoms with Gasteiger partial charge in [0.05, 0.1) is 10.6 Å².